The maximum atomic E-state index is 13.4. The number of alkyl halides is 3. The molecule has 0 aliphatic carbocycles. The van der Waals surface area contributed by atoms with Crippen molar-refractivity contribution >= 4 is 0 Å². The van der Waals surface area contributed by atoms with Crippen LogP contribution in [0.4, 0.5) is 13.2 Å². The van der Waals surface area contributed by atoms with Crippen molar-refractivity contribution in [3.05, 3.63) is 71.5 Å². The van der Waals surface area contributed by atoms with E-state index in [9.17, 15) is 13.2 Å². The fourth-order valence-electron chi connectivity index (χ4n) is 3.00. The van der Waals surface area contributed by atoms with Crippen molar-refractivity contribution in [3.8, 4) is 34.3 Å². The summed E-state index contributed by atoms with van der Waals surface area (Å²) in [4.78, 5) is 0. The molecule has 0 atom stereocenters. The molecule has 0 saturated carbocycles. The molecule has 0 bridgehead atoms. The van der Waals surface area contributed by atoms with E-state index in [-0.39, 0.29) is 29.3 Å². The predicted octanol–water partition coefficient (Wildman–Crippen LogP) is 4.34. The van der Waals surface area contributed by atoms with Crippen LogP contribution in [-0.2, 0) is 19.8 Å². The van der Waals surface area contributed by atoms with Crippen molar-refractivity contribution in [3.63, 3.8) is 0 Å². The molecule has 0 spiro atoms. The highest BCUT2D eigenvalue weighted by Crippen LogP contribution is 2.36. The normalized spacial score (nSPS) is 11.3. The van der Waals surface area contributed by atoms with E-state index in [0.29, 0.717) is 0 Å². The number of halogens is 3. The third-order valence-electron chi connectivity index (χ3n) is 4.53. The fourth-order valence-corrected chi connectivity index (χ4v) is 3.00. The highest BCUT2D eigenvalue weighted by atomic mass is 19.4. The molecule has 0 aliphatic rings. The monoisotopic (exact) mass is 424 g/mol. The SMILES string of the molecule is Cn1ccc(-c2ccc(COc3cc(-c4n[nH]nc4C#N)cc(C(F)(F)F)c3)cc2)n1. The van der Waals surface area contributed by atoms with E-state index in [1.165, 1.54) is 6.07 Å². The molecule has 0 aliphatic heterocycles. The van der Waals surface area contributed by atoms with Gasteiger partial charge in [0.15, 0.2) is 5.69 Å². The van der Waals surface area contributed by atoms with Gasteiger partial charge in [0.2, 0.25) is 0 Å². The predicted molar refractivity (Wildman–Crippen MR) is 105 cm³/mol. The lowest BCUT2D eigenvalue weighted by atomic mass is 10.1. The average Bonchev–Trinajstić information content (AvgIpc) is 3.40. The number of hydrogen-bond acceptors (Lipinski definition) is 5. The molecular formula is C21H15F3N6O. The second kappa shape index (κ2) is 7.95. The second-order valence-electron chi connectivity index (χ2n) is 6.74. The maximum absolute atomic E-state index is 13.4. The molecule has 0 fully saturated rings. The van der Waals surface area contributed by atoms with Crippen LogP contribution in [0.25, 0.3) is 22.5 Å². The first-order valence-electron chi connectivity index (χ1n) is 9.09. The highest BCUT2D eigenvalue weighted by Gasteiger charge is 2.32. The van der Waals surface area contributed by atoms with E-state index in [0.717, 1.165) is 29.0 Å². The van der Waals surface area contributed by atoms with Gasteiger partial charge in [-0.25, -0.2) is 0 Å². The summed E-state index contributed by atoms with van der Waals surface area (Å²) >= 11 is 0. The first-order chi connectivity index (χ1) is 14.8. The van der Waals surface area contributed by atoms with Gasteiger partial charge in [-0.05, 0) is 29.8 Å². The Hall–Kier alpha value is -4.13. The third kappa shape index (κ3) is 4.40. The Labute approximate surface area is 174 Å². The van der Waals surface area contributed by atoms with Crippen LogP contribution in [0.1, 0.15) is 16.8 Å². The van der Waals surface area contributed by atoms with Crippen LogP contribution in [0, 0.1) is 11.3 Å². The quantitative estimate of drug-likeness (QED) is 0.515. The van der Waals surface area contributed by atoms with E-state index in [4.69, 9.17) is 10.00 Å². The number of rotatable bonds is 5. The van der Waals surface area contributed by atoms with Crippen LogP contribution in [0.15, 0.2) is 54.7 Å². The zero-order valence-corrected chi connectivity index (χ0v) is 16.2. The van der Waals surface area contributed by atoms with Crippen molar-refractivity contribution in [2.24, 2.45) is 7.05 Å². The van der Waals surface area contributed by atoms with E-state index < -0.39 is 11.7 Å². The molecule has 7 nitrogen and oxygen atoms in total. The summed E-state index contributed by atoms with van der Waals surface area (Å²) in [5.41, 5.74) is 1.61. The van der Waals surface area contributed by atoms with E-state index in [1.54, 1.807) is 10.8 Å². The van der Waals surface area contributed by atoms with Gasteiger partial charge in [-0.15, -0.1) is 5.10 Å². The average molecular weight is 424 g/mol. The Balaban J connectivity index is 1.58. The number of aromatic amines is 1. The first kappa shape index (κ1) is 20.2. The number of nitriles is 1. The molecule has 156 valence electrons. The van der Waals surface area contributed by atoms with Gasteiger partial charge < -0.3 is 4.74 Å². The summed E-state index contributed by atoms with van der Waals surface area (Å²) in [7, 11) is 1.83. The molecule has 10 heteroatoms. The molecule has 4 aromatic rings. The van der Waals surface area contributed by atoms with E-state index in [1.807, 2.05) is 43.6 Å². The van der Waals surface area contributed by atoms with Crippen molar-refractivity contribution in [1.29, 1.82) is 5.26 Å². The number of H-pyrrole nitrogens is 1. The Morgan fingerprint density at radius 1 is 1.06 bits per heavy atom. The number of nitrogens with zero attached hydrogens (tertiary/aromatic N) is 5. The molecule has 0 saturated heterocycles. The number of aryl methyl sites for hydroxylation is 1. The molecule has 2 heterocycles. The van der Waals surface area contributed by atoms with Gasteiger partial charge in [-0.1, -0.05) is 24.3 Å². The van der Waals surface area contributed by atoms with Crippen molar-refractivity contribution < 1.29 is 17.9 Å². The van der Waals surface area contributed by atoms with Crippen molar-refractivity contribution in [2.75, 3.05) is 0 Å². The lowest BCUT2D eigenvalue weighted by Crippen LogP contribution is -2.06. The molecule has 1 N–H and O–H groups in total. The minimum absolute atomic E-state index is 0.00511. The Bertz CT molecular complexity index is 1250. The van der Waals surface area contributed by atoms with Crippen LogP contribution in [0.3, 0.4) is 0 Å². The van der Waals surface area contributed by atoms with Crippen LogP contribution in [0.2, 0.25) is 0 Å². The zero-order valence-electron chi connectivity index (χ0n) is 16.2. The Morgan fingerprint density at radius 2 is 1.84 bits per heavy atom. The minimum atomic E-state index is -4.59. The fraction of sp³-hybridized carbons (Fsp3) is 0.143. The minimum Gasteiger partial charge on any atom is -0.489 e. The summed E-state index contributed by atoms with van der Waals surface area (Å²) < 4.78 is 47.4. The molecule has 0 amide bonds. The topological polar surface area (TPSA) is 92.4 Å². The highest BCUT2D eigenvalue weighted by molar-refractivity contribution is 5.67. The van der Waals surface area contributed by atoms with Gasteiger partial charge in [0.05, 0.1) is 11.3 Å². The standard InChI is InChI=1S/C21H15F3N6O/c1-30-7-6-18(28-30)14-4-2-13(3-5-14)12-31-17-9-15(8-16(10-17)21(22,23)24)20-19(11-25)26-29-27-20/h2-10H,12H2,1H3,(H,26,27,29). The van der Waals surface area contributed by atoms with Gasteiger partial charge in [0, 0.05) is 24.4 Å². The van der Waals surface area contributed by atoms with Gasteiger partial charge >= 0.3 is 6.18 Å². The number of aromatic nitrogens is 5. The van der Waals surface area contributed by atoms with Gasteiger partial charge in [0.25, 0.3) is 0 Å². The third-order valence-corrected chi connectivity index (χ3v) is 4.53. The van der Waals surface area contributed by atoms with Crippen LogP contribution >= 0.6 is 0 Å². The van der Waals surface area contributed by atoms with Crippen molar-refractivity contribution in [1.82, 2.24) is 25.2 Å². The zero-order chi connectivity index (χ0) is 22.0. The van der Waals surface area contributed by atoms with Gasteiger partial charge in [-0.2, -0.15) is 33.8 Å². The maximum Gasteiger partial charge on any atom is 0.416 e. The van der Waals surface area contributed by atoms with Crippen molar-refractivity contribution in [2.45, 2.75) is 12.8 Å². The molecule has 31 heavy (non-hydrogen) atoms. The summed E-state index contributed by atoms with van der Waals surface area (Å²) in [6.45, 7) is 0.0627. The summed E-state index contributed by atoms with van der Waals surface area (Å²) in [6, 6.07) is 14.3. The molecule has 0 radical (unpaired) electrons. The second-order valence-corrected chi connectivity index (χ2v) is 6.74. The Morgan fingerprint density at radius 3 is 2.48 bits per heavy atom. The molecular weight excluding hydrogens is 409 g/mol. The summed E-state index contributed by atoms with van der Waals surface area (Å²) in [6.07, 6.45) is -2.75. The molecule has 2 aromatic heterocycles. The molecule has 2 aromatic carbocycles. The van der Waals surface area contributed by atoms with Crippen LogP contribution < -0.4 is 4.74 Å². The molecule has 4 rings (SSSR count). The number of ether oxygens (including phenoxy) is 1. The number of hydrogen-bond donors (Lipinski definition) is 1. The number of benzene rings is 2. The lowest BCUT2D eigenvalue weighted by Gasteiger charge is -2.13. The van der Waals surface area contributed by atoms with Crippen LogP contribution in [-0.4, -0.2) is 25.2 Å². The van der Waals surface area contributed by atoms with Gasteiger partial charge in [0.1, 0.15) is 24.1 Å². The van der Waals surface area contributed by atoms with Gasteiger partial charge in [-0.3, -0.25) is 4.68 Å². The lowest BCUT2D eigenvalue weighted by molar-refractivity contribution is -0.137. The smallest absolute Gasteiger partial charge is 0.416 e. The number of nitrogens with one attached hydrogen (secondary N) is 1. The molecule has 0 unspecified atom stereocenters. The van der Waals surface area contributed by atoms with E-state index in [2.05, 4.69) is 20.5 Å². The van der Waals surface area contributed by atoms with E-state index >= 15 is 0 Å². The summed E-state index contributed by atoms with van der Waals surface area (Å²) in [5, 5.41) is 23.1. The van der Waals surface area contributed by atoms with Crippen LogP contribution in [0.5, 0.6) is 5.75 Å². The largest absolute Gasteiger partial charge is 0.489 e. The Kier molecular flexibility index (Phi) is 5.17. The summed E-state index contributed by atoms with van der Waals surface area (Å²) in [5.74, 6) is 0.00511. The first-order valence-corrected chi connectivity index (χ1v) is 9.09.